The van der Waals surface area contributed by atoms with Crippen LogP contribution in [-0.4, -0.2) is 28.0 Å². The first-order valence-electron chi connectivity index (χ1n) is 9.36. The Hall–Kier alpha value is -4.22. The molecule has 0 spiro atoms. The van der Waals surface area contributed by atoms with Crippen LogP contribution in [0.5, 0.6) is 5.75 Å². The molecule has 32 heavy (non-hydrogen) atoms. The number of benzene rings is 2. The van der Waals surface area contributed by atoms with Gasteiger partial charge in [-0.15, -0.1) is 0 Å². The number of H-pyrrole nitrogens is 1. The third-order valence-electron chi connectivity index (χ3n) is 4.63. The summed E-state index contributed by atoms with van der Waals surface area (Å²) in [5, 5.41) is 12.3. The second-order valence-electron chi connectivity index (χ2n) is 6.64. The van der Waals surface area contributed by atoms with Crippen molar-refractivity contribution >= 4 is 23.3 Å². The molecule has 0 fully saturated rings. The van der Waals surface area contributed by atoms with Gasteiger partial charge >= 0.3 is 0 Å². The van der Waals surface area contributed by atoms with E-state index in [4.69, 9.17) is 16.3 Å². The van der Waals surface area contributed by atoms with E-state index in [0.717, 1.165) is 0 Å². The van der Waals surface area contributed by atoms with Crippen LogP contribution in [0.25, 0.3) is 22.6 Å². The molecule has 0 saturated heterocycles. The van der Waals surface area contributed by atoms with E-state index in [1.807, 2.05) is 6.07 Å². The Morgan fingerprint density at radius 2 is 2.03 bits per heavy atom. The lowest BCUT2D eigenvalue weighted by Gasteiger charge is -2.07. The number of hydrogen-bond donors (Lipinski definition) is 2. The van der Waals surface area contributed by atoms with Crippen LogP contribution in [0.4, 0.5) is 10.2 Å². The third kappa shape index (κ3) is 4.15. The standard InChI is InChI=1S/C23H15ClFN5O2/c1-32-15-5-2-4-13(10-15)23(31)29-19-9-8-14(12-27-19)21-18(11-26)28-22(30-21)20-16(24)6-3-7-17(20)25/h2-10,12H,1H3,(H,28,30)(H,27,29,31). The maximum atomic E-state index is 14.3. The van der Waals surface area contributed by atoms with Crippen molar-refractivity contribution in [2.45, 2.75) is 0 Å². The molecule has 2 aromatic carbocycles. The van der Waals surface area contributed by atoms with E-state index in [2.05, 4.69) is 20.3 Å². The number of aromatic amines is 1. The lowest BCUT2D eigenvalue weighted by atomic mass is 10.1. The number of nitrogens with zero attached hydrogens (tertiary/aromatic N) is 3. The summed E-state index contributed by atoms with van der Waals surface area (Å²) in [5.74, 6) is 0.109. The lowest BCUT2D eigenvalue weighted by molar-refractivity contribution is 0.102. The van der Waals surface area contributed by atoms with Crippen LogP contribution in [-0.2, 0) is 0 Å². The average Bonchev–Trinajstić information content (AvgIpc) is 3.23. The maximum Gasteiger partial charge on any atom is 0.256 e. The molecule has 4 aromatic rings. The zero-order valence-electron chi connectivity index (χ0n) is 16.7. The largest absolute Gasteiger partial charge is 0.497 e. The second-order valence-corrected chi connectivity index (χ2v) is 7.04. The summed E-state index contributed by atoms with van der Waals surface area (Å²) in [5.41, 5.74) is 1.45. The van der Waals surface area contributed by atoms with Crippen molar-refractivity contribution in [3.8, 4) is 34.5 Å². The quantitative estimate of drug-likeness (QED) is 0.445. The normalized spacial score (nSPS) is 10.4. The molecular formula is C23H15ClFN5O2. The Kier molecular flexibility index (Phi) is 5.83. The summed E-state index contributed by atoms with van der Waals surface area (Å²) in [4.78, 5) is 23.8. The molecule has 158 valence electrons. The van der Waals surface area contributed by atoms with Gasteiger partial charge in [0.2, 0.25) is 0 Å². The highest BCUT2D eigenvalue weighted by Crippen LogP contribution is 2.32. The molecule has 0 atom stereocenters. The molecule has 7 nitrogen and oxygen atoms in total. The lowest BCUT2D eigenvalue weighted by Crippen LogP contribution is -2.12. The number of nitriles is 1. The highest BCUT2D eigenvalue weighted by molar-refractivity contribution is 6.33. The van der Waals surface area contributed by atoms with Crippen LogP contribution >= 0.6 is 11.6 Å². The van der Waals surface area contributed by atoms with E-state index in [1.54, 1.807) is 36.4 Å². The number of amides is 1. The first kappa shape index (κ1) is 21.0. The number of ether oxygens (including phenoxy) is 1. The second kappa shape index (κ2) is 8.88. The van der Waals surface area contributed by atoms with Crippen LogP contribution in [0.15, 0.2) is 60.8 Å². The molecule has 2 N–H and O–H groups in total. The molecule has 2 aromatic heterocycles. The van der Waals surface area contributed by atoms with E-state index >= 15 is 0 Å². The van der Waals surface area contributed by atoms with E-state index < -0.39 is 5.82 Å². The minimum Gasteiger partial charge on any atom is -0.497 e. The van der Waals surface area contributed by atoms with Crippen molar-refractivity contribution in [1.82, 2.24) is 15.0 Å². The first-order valence-corrected chi connectivity index (χ1v) is 9.74. The van der Waals surface area contributed by atoms with Crippen LogP contribution in [0.2, 0.25) is 5.02 Å². The summed E-state index contributed by atoms with van der Waals surface area (Å²) in [6.07, 6.45) is 1.47. The Morgan fingerprint density at radius 3 is 2.72 bits per heavy atom. The first-order chi connectivity index (χ1) is 15.5. The van der Waals surface area contributed by atoms with Crippen LogP contribution in [0, 0.1) is 17.1 Å². The number of nitrogens with one attached hydrogen (secondary N) is 2. The minimum absolute atomic E-state index is 0.0642. The number of carbonyl (C=O) groups is 1. The molecule has 0 saturated carbocycles. The fraction of sp³-hybridized carbons (Fsp3) is 0.0435. The van der Waals surface area contributed by atoms with E-state index in [0.29, 0.717) is 28.4 Å². The highest BCUT2D eigenvalue weighted by atomic mass is 35.5. The predicted octanol–water partition coefficient (Wildman–Crippen LogP) is 5.06. The molecule has 0 unspecified atom stereocenters. The molecule has 4 rings (SSSR count). The van der Waals surface area contributed by atoms with Gasteiger partial charge in [0.05, 0.1) is 23.4 Å². The van der Waals surface area contributed by atoms with Gasteiger partial charge in [-0.05, 0) is 42.5 Å². The molecule has 0 aliphatic carbocycles. The van der Waals surface area contributed by atoms with Crippen molar-refractivity contribution in [2.24, 2.45) is 0 Å². The fourth-order valence-corrected chi connectivity index (χ4v) is 3.33. The number of anilines is 1. The van der Waals surface area contributed by atoms with Crippen molar-refractivity contribution < 1.29 is 13.9 Å². The number of halogens is 2. The third-order valence-corrected chi connectivity index (χ3v) is 4.95. The molecule has 2 heterocycles. The zero-order chi connectivity index (χ0) is 22.7. The van der Waals surface area contributed by atoms with Gasteiger partial charge in [0.15, 0.2) is 5.69 Å². The van der Waals surface area contributed by atoms with Crippen molar-refractivity contribution in [2.75, 3.05) is 12.4 Å². The Balaban J connectivity index is 1.60. The smallest absolute Gasteiger partial charge is 0.256 e. The molecule has 1 amide bonds. The number of aromatic nitrogens is 3. The SMILES string of the molecule is COc1cccc(C(=O)Nc2ccc(-c3[nH]c(-c4c(F)cccc4Cl)nc3C#N)cn2)c1. The Morgan fingerprint density at radius 1 is 1.22 bits per heavy atom. The minimum atomic E-state index is -0.559. The van der Waals surface area contributed by atoms with Gasteiger partial charge in [-0.25, -0.2) is 14.4 Å². The van der Waals surface area contributed by atoms with E-state index in [-0.39, 0.29) is 28.0 Å². The number of hydrogen-bond acceptors (Lipinski definition) is 5. The number of rotatable bonds is 5. The number of methoxy groups -OCH3 is 1. The van der Waals surface area contributed by atoms with Gasteiger partial charge in [0.1, 0.15) is 29.3 Å². The summed E-state index contributed by atoms with van der Waals surface area (Å²) in [7, 11) is 1.52. The van der Waals surface area contributed by atoms with Gasteiger partial charge in [-0.1, -0.05) is 23.7 Å². The van der Waals surface area contributed by atoms with E-state index in [1.165, 1.54) is 31.5 Å². The van der Waals surface area contributed by atoms with Crippen molar-refractivity contribution in [3.63, 3.8) is 0 Å². The highest BCUT2D eigenvalue weighted by Gasteiger charge is 2.18. The topological polar surface area (TPSA) is 104 Å². The molecular weight excluding hydrogens is 433 g/mol. The van der Waals surface area contributed by atoms with Gasteiger partial charge < -0.3 is 15.0 Å². The Labute approximate surface area is 187 Å². The van der Waals surface area contributed by atoms with Crippen molar-refractivity contribution in [1.29, 1.82) is 5.26 Å². The van der Waals surface area contributed by atoms with Gasteiger partial charge in [0, 0.05) is 17.3 Å². The number of pyridine rings is 1. The summed E-state index contributed by atoms with van der Waals surface area (Å²) < 4.78 is 19.4. The van der Waals surface area contributed by atoms with Crippen LogP contribution in [0.1, 0.15) is 16.1 Å². The zero-order valence-corrected chi connectivity index (χ0v) is 17.4. The Bertz CT molecular complexity index is 1330. The number of imidazole rings is 1. The van der Waals surface area contributed by atoms with Gasteiger partial charge in [-0.3, -0.25) is 4.79 Å². The number of carbonyl (C=O) groups excluding carboxylic acids is 1. The summed E-state index contributed by atoms with van der Waals surface area (Å²) in [6.45, 7) is 0. The molecule has 0 radical (unpaired) electrons. The van der Waals surface area contributed by atoms with E-state index in [9.17, 15) is 14.4 Å². The molecule has 0 bridgehead atoms. The maximum absolute atomic E-state index is 14.3. The molecule has 0 aliphatic heterocycles. The summed E-state index contributed by atoms with van der Waals surface area (Å²) >= 11 is 6.11. The fourth-order valence-electron chi connectivity index (χ4n) is 3.07. The van der Waals surface area contributed by atoms with Gasteiger partial charge in [0.25, 0.3) is 5.91 Å². The molecule has 9 heteroatoms. The summed E-state index contributed by atoms with van der Waals surface area (Å²) in [6, 6.07) is 16.2. The van der Waals surface area contributed by atoms with Crippen molar-refractivity contribution in [3.05, 3.63) is 82.9 Å². The predicted molar refractivity (Wildman–Crippen MR) is 118 cm³/mol. The average molecular weight is 448 g/mol. The van der Waals surface area contributed by atoms with Crippen LogP contribution < -0.4 is 10.1 Å². The monoisotopic (exact) mass is 447 g/mol. The van der Waals surface area contributed by atoms with Gasteiger partial charge in [-0.2, -0.15) is 5.26 Å². The van der Waals surface area contributed by atoms with Crippen LogP contribution in [0.3, 0.4) is 0 Å². The molecule has 0 aliphatic rings.